The van der Waals surface area contributed by atoms with Gasteiger partial charge in [0.25, 0.3) is 0 Å². The van der Waals surface area contributed by atoms with Crippen LogP contribution in [0.25, 0.3) is 0 Å². The van der Waals surface area contributed by atoms with Crippen LogP contribution in [-0.4, -0.2) is 36.6 Å². The van der Waals surface area contributed by atoms with Gasteiger partial charge in [0.2, 0.25) is 20.0 Å². The predicted octanol–water partition coefficient (Wildman–Crippen LogP) is 0.176. The third-order valence-electron chi connectivity index (χ3n) is 2.70. The number of methoxy groups -OCH3 is 1. The first kappa shape index (κ1) is 18.0. The Hall–Kier alpha value is -1.07. The SMILES string of the molecule is CCC(COC)NS(=O)(=O)c1ccc(S(N)(=O)=O)cc1F. The molecule has 3 N–H and O–H groups in total. The van der Waals surface area contributed by atoms with Crippen LogP contribution in [0, 0.1) is 5.82 Å². The van der Waals surface area contributed by atoms with Gasteiger partial charge < -0.3 is 4.74 Å². The standard InChI is InChI=1S/C11H17FN2O5S2/c1-3-8(7-19-2)14-21(17,18)11-5-4-9(6-10(11)12)20(13,15)16/h4-6,8,14H,3,7H2,1-2H3,(H2,13,15,16). The number of halogens is 1. The highest BCUT2D eigenvalue weighted by Gasteiger charge is 2.24. The van der Waals surface area contributed by atoms with Crippen LogP contribution in [0.5, 0.6) is 0 Å². The lowest BCUT2D eigenvalue weighted by molar-refractivity contribution is 0.173. The molecule has 0 radical (unpaired) electrons. The quantitative estimate of drug-likeness (QED) is 0.734. The third-order valence-corrected chi connectivity index (χ3v) is 5.17. The highest BCUT2D eigenvalue weighted by molar-refractivity contribution is 7.89. The van der Waals surface area contributed by atoms with Crippen LogP contribution < -0.4 is 9.86 Å². The lowest BCUT2D eigenvalue weighted by Gasteiger charge is -2.16. The molecule has 0 bridgehead atoms. The summed E-state index contributed by atoms with van der Waals surface area (Å²) < 4.78 is 67.3. The van der Waals surface area contributed by atoms with E-state index in [4.69, 9.17) is 9.88 Å². The zero-order chi connectivity index (χ0) is 16.3. The Bertz CT molecular complexity index is 703. The van der Waals surface area contributed by atoms with E-state index in [0.29, 0.717) is 12.5 Å². The molecule has 1 aromatic carbocycles. The Labute approximate surface area is 123 Å². The number of nitrogens with one attached hydrogen (secondary N) is 1. The van der Waals surface area contributed by atoms with E-state index in [1.54, 1.807) is 6.92 Å². The van der Waals surface area contributed by atoms with Crippen molar-refractivity contribution in [2.45, 2.75) is 29.2 Å². The van der Waals surface area contributed by atoms with Gasteiger partial charge >= 0.3 is 0 Å². The average Bonchev–Trinajstić information content (AvgIpc) is 2.36. The van der Waals surface area contributed by atoms with Crippen LogP contribution in [0.2, 0.25) is 0 Å². The normalized spacial score (nSPS) is 14.1. The molecule has 0 amide bonds. The zero-order valence-corrected chi connectivity index (χ0v) is 13.2. The maximum absolute atomic E-state index is 13.8. The van der Waals surface area contributed by atoms with E-state index in [2.05, 4.69) is 4.72 Å². The first-order chi connectivity index (χ1) is 9.61. The minimum absolute atomic E-state index is 0.132. The number of hydrogen-bond acceptors (Lipinski definition) is 5. The van der Waals surface area contributed by atoms with Crippen molar-refractivity contribution in [2.75, 3.05) is 13.7 Å². The van der Waals surface area contributed by atoms with Gasteiger partial charge in [0.15, 0.2) is 0 Å². The number of rotatable bonds is 7. The molecule has 1 rings (SSSR count). The molecule has 7 nitrogen and oxygen atoms in total. The number of hydrogen-bond donors (Lipinski definition) is 2. The van der Waals surface area contributed by atoms with E-state index < -0.39 is 41.7 Å². The number of ether oxygens (including phenoxy) is 1. The molecular weight excluding hydrogens is 323 g/mol. The summed E-state index contributed by atoms with van der Waals surface area (Å²) in [4.78, 5) is -1.15. The first-order valence-corrected chi connectivity index (χ1v) is 8.98. The zero-order valence-electron chi connectivity index (χ0n) is 11.5. The summed E-state index contributed by atoms with van der Waals surface area (Å²) in [5.41, 5.74) is 0. The Morgan fingerprint density at radius 3 is 2.38 bits per heavy atom. The van der Waals surface area contributed by atoms with Crippen LogP contribution in [-0.2, 0) is 24.8 Å². The molecule has 0 saturated carbocycles. The third kappa shape index (κ3) is 4.71. The number of sulfonamides is 2. The van der Waals surface area contributed by atoms with E-state index in [0.717, 1.165) is 12.1 Å². The fourth-order valence-corrected chi connectivity index (χ4v) is 3.48. The minimum Gasteiger partial charge on any atom is -0.383 e. The molecule has 0 aromatic heterocycles. The van der Waals surface area contributed by atoms with Gasteiger partial charge in [-0.3, -0.25) is 0 Å². The van der Waals surface area contributed by atoms with Gasteiger partial charge in [-0.2, -0.15) is 0 Å². The minimum atomic E-state index is -4.13. The summed E-state index contributed by atoms with van der Waals surface area (Å²) in [5, 5.41) is 4.85. The summed E-state index contributed by atoms with van der Waals surface area (Å²) in [6, 6.07) is 1.85. The van der Waals surface area contributed by atoms with Gasteiger partial charge in [-0.05, 0) is 24.6 Å². The van der Waals surface area contributed by atoms with Crippen LogP contribution in [0.4, 0.5) is 4.39 Å². The van der Waals surface area contributed by atoms with Gasteiger partial charge in [0, 0.05) is 13.2 Å². The Balaban J connectivity index is 3.15. The Kier molecular flexibility index (Phi) is 5.82. The first-order valence-electron chi connectivity index (χ1n) is 5.95. The smallest absolute Gasteiger partial charge is 0.243 e. The molecule has 0 aliphatic rings. The van der Waals surface area contributed by atoms with Gasteiger partial charge in [-0.1, -0.05) is 6.92 Å². The van der Waals surface area contributed by atoms with E-state index in [-0.39, 0.29) is 6.61 Å². The molecule has 0 aliphatic heterocycles. The van der Waals surface area contributed by atoms with Crippen molar-refractivity contribution in [3.8, 4) is 0 Å². The summed E-state index contributed by atoms with van der Waals surface area (Å²) in [6.07, 6.45) is 0.448. The lowest BCUT2D eigenvalue weighted by atomic mass is 10.3. The van der Waals surface area contributed by atoms with Crippen LogP contribution >= 0.6 is 0 Å². The number of primary sulfonamides is 1. The van der Waals surface area contributed by atoms with Gasteiger partial charge in [-0.25, -0.2) is 31.1 Å². The summed E-state index contributed by atoms with van der Waals surface area (Å²) in [6.45, 7) is 1.87. The van der Waals surface area contributed by atoms with Crippen LogP contribution in [0.3, 0.4) is 0 Å². The molecule has 0 aliphatic carbocycles. The molecule has 0 saturated heterocycles. The predicted molar refractivity (Wildman–Crippen MR) is 74.0 cm³/mol. The lowest BCUT2D eigenvalue weighted by Crippen LogP contribution is -2.37. The van der Waals surface area contributed by atoms with E-state index >= 15 is 0 Å². The van der Waals surface area contributed by atoms with Crippen molar-refractivity contribution in [1.82, 2.24) is 4.72 Å². The van der Waals surface area contributed by atoms with E-state index in [1.807, 2.05) is 0 Å². The highest BCUT2D eigenvalue weighted by atomic mass is 32.2. The van der Waals surface area contributed by atoms with Crippen molar-refractivity contribution < 1.29 is 26.0 Å². The van der Waals surface area contributed by atoms with E-state index in [1.165, 1.54) is 7.11 Å². The second-order valence-corrected chi connectivity index (χ2v) is 7.56. The van der Waals surface area contributed by atoms with Gasteiger partial charge in [0.1, 0.15) is 10.7 Å². The molecule has 1 unspecified atom stereocenters. The second kappa shape index (κ2) is 6.79. The summed E-state index contributed by atoms with van der Waals surface area (Å²) in [7, 11) is -6.81. The molecule has 0 heterocycles. The monoisotopic (exact) mass is 340 g/mol. The van der Waals surface area contributed by atoms with E-state index in [9.17, 15) is 21.2 Å². The second-order valence-electron chi connectivity index (χ2n) is 4.32. The molecule has 10 heteroatoms. The summed E-state index contributed by atoms with van der Waals surface area (Å²) in [5.74, 6) is -1.19. The molecule has 1 aromatic rings. The maximum Gasteiger partial charge on any atom is 0.243 e. The molecule has 1 atom stereocenters. The molecular formula is C11H17FN2O5S2. The largest absolute Gasteiger partial charge is 0.383 e. The molecule has 120 valence electrons. The van der Waals surface area contributed by atoms with Crippen molar-refractivity contribution in [3.63, 3.8) is 0 Å². The molecule has 0 fully saturated rings. The highest BCUT2D eigenvalue weighted by Crippen LogP contribution is 2.18. The maximum atomic E-state index is 13.8. The van der Waals surface area contributed by atoms with Crippen molar-refractivity contribution in [3.05, 3.63) is 24.0 Å². The molecule has 21 heavy (non-hydrogen) atoms. The van der Waals surface area contributed by atoms with Crippen molar-refractivity contribution in [1.29, 1.82) is 0 Å². The fraction of sp³-hybridized carbons (Fsp3) is 0.455. The fourth-order valence-electron chi connectivity index (χ4n) is 1.60. The molecule has 0 spiro atoms. The number of nitrogens with two attached hydrogens (primary N) is 1. The van der Waals surface area contributed by atoms with Crippen LogP contribution in [0.15, 0.2) is 28.0 Å². The Morgan fingerprint density at radius 2 is 1.95 bits per heavy atom. The topological polar surface area (TPSA) is 116 Å². The number of benzene rings is 1. The van der Waals surface area contributed by atoms with Gasteiger partial charge in [-0.15, -0.1) is 0 Å². The van der Waals surface area contributed by atoms with Crippen molar-refractivity contribution in [2.24, 2.45) is 5.14 Å². The van der Waals surface area contributed by atoms with Crippen molar-refractivity contribution >= 4 is 20.0 Å². The summed E-state index contributed by atoms with van der Waals surface area (Å²) >= 11 is 0. The average molecular weight is 340 g/mol. The van der Waals surface area contributed by atoms with Gasteiger partial charge in [0.05, 0.1) is 11.5 Å². The van der Waals surface area contributed by atoms with Crippen LogP contribution in [0.1, 0.15) is 13.3 Å². The Morgan fingerprint density at radius 1 is 1.33 bits per heavy atom.